The molecular weight excluding hydrogens is 235 g/mol. The Morgan fingerprint density at radius 2 is 2.06 bits per heavy atom. The number of aliphatic hydroxyl groups excluding tert-OH is 1. The normalized spacial score (nSPS) is 24.7. The molecule has 0 radical (unpaired) electrons. The second-order valence-corrected chi connectivity index (χ2v) is 4.15. The summed E-state index contributed by atoms with van der Waals surface area (Å²) in [5, 5.41) is 9.34. The smallest absolute Gasteiger partial charge is 0.389 e. The Morgan fingerprint density at radius 3 is 2.53 bits per heavy atom. The number of β-amino-alcohol motifs (C(OH)–C–C–N with tert-alkyl or cyclic N) is 1. The zero-order valence-corrected chi connectivity index (χ0v) is 9.36. The van der Waals surface area contributed by atoms with Crippen LogP contribution in [0.5, 0.6) is 0 Å². The first kappa shape index (κ1) is 12.1. The predicted molar refractivity (Wildman–Crippen MR) is 54.6 cm³/mol. The molecule has 1 aliphatic rings. The summed E-state index contributed by atoms with van der Waals surface area (Å²) in [6.07, 6.45) is -5.06. The molecule has 7 heteroatoms. The van der Waals surface area contributed by atoms with Crippen molar-refractivity contribution in [1.82, 2.24) is 9.97 Å². The number of halogens is 3. The fraction of sp³-hybridized carbons (Fsp3) is 0.600. The maximum absolute atomic E-state index is 12.5. The molecule has 2 rings (SSSR count). The van der Waals surface area contributed by atoms with E-state index in [1.807, 2.05) is 0 Å². The van der Waals surface area contributed by atoms with Crippen LogP contribution in [0, 0.1) is 6.92 Å². The summed E-state index contributed by atoms with van der Waals surface area (Å²) in [5.41, 5.74) is 0.260. The van der Waals surface area contributed by atoms with E-state index in [1.165, 1.54) is 13.0 Å². The number of aryl methyl sites for hydroxylation is 1. The number of aromatic nitrogens is 2. The lowest BCUT2D eigenvalue weighted by Gasteiger charge is -2.44. The van der Waals surface area contributed by atoms with Crippen LogP contribution in [0.4, 0.5) is 19.0 Å². The predicted octanol–water partition coefficient (Wildman–Crippen LogP) is 1.37. The summed E-state index contributed by atoms with van der Waals surface area (Å²) in [4.78, 5) is 8.47. The van der Waals surface area contributed by atoms with Crippen molar-refractivity contribution in [3.8, 4) is 0 Å². The van der Waals surface area contributed by atoms with Gasteiger partial charge in [0, 0.05) is 18.3 Å². The maximum atomic E-state index is 12.5. The molecule has 1 aromatic heterocycles. The molecule has 2 heterocycles. The minimum absolute atomic E-state index is 0.211. The first-order valence-corrected chi connectivity index (χ1v) is 5.16. The van der Waals surface area contributed by atoms with Crippen molar-refractivity contribution in [3.63, 3.8) is 0 Å². The zero-order valence-electron chi connectivity index (χ0n) is 9.36. The van der Waals surface area contributed by atoms with Crippen LogP contribution in [0.15, 0.2) is 6.07 Å². The summed E-state index contributed by atoms with van der Waals surface area (Å²) in [5.74, 6) is -0.927. The minimum Gasteiger partial charge on any atom is -0.389 e. The van der Waals surface area contributed by atoms with Gasteiger partial charge in [-0.1, -0.05) is 0 Å². The lowest BCUT2D eigenvalue weighted by atomic mass is 10.0. The van der Waals surface area contributed by atoms with Crippen molar-refractivity contribution in [3.05, 3.63) is 17.6 Å². The van der Waals surface area contributed by atoms with Crippen LogP contribution in [-0.2, 0) is 6.18 Å². The van der Waals surface area contributed by atoms with Gasteiger partial charge in [-0.05, 0) is 13.8 Å². The van der Waals surface area contributed by atoms with Crippen molar-refractivity contribution in [2.24, 2.45) is 0 Å². The van der Waals surface area contributed by atoms with Gasteiger partial charge in [0.15, 0.2) is 0 Å². The van der Waals surface area contributed by atoms with Crippen LogP contribution in [-0.4, -0.2) is 33.8 Å². The third-order valence-electron chi connectivity index (χ3n) is 2.82. The van der Waals surface area contributed by atoms with Gasteiger partial charge in [0.25, 0.3) is 0 Å². The number of hydrogen-bond donors (Lipinski definition) is 1. The molecule has 1 aliphatic heterocycles. The highest BCUT2D eigenvalue weighted by Gasteiger charge is 2.38. The van der Waals surface area contributed by atoms with Gasteiger partial charge in [-0.15, -0.1) is 0 Å². The van der Waals surface area contributed by atoms with E-state index in [2.05, 4.69) is 9.97 Å². The van der Waals surface area contributed by atoms with Crippen molar-refractivity contribution >= 4 is 5.82 Å². The van der Waals surface area contributed by atoms with E-state index in [0.29, 0.717) is 6.54 Å². The molecule has 0 bridgehead atoms. The molecule has 0 amide bonds. The van der Waals surface area contributed by atoms with Gasteiger partial charge in [-0.3, -0.25) is 0 Å². The Balaban J connectivity index is 2.33. The third kappa shape index (κ3) is 2.19. The minimum atomic E-state index is -4.55. The molecule has 2 atom stereocenters. The summed E-state index contributed by atoms with van der Waals surface area (Å²) in [7, 11) is 0. The van der Waals surface area contributed by atoms with Crippen LogP contribution >= 0.6 is 0 Å². The quantitative estimate of drug-likeness (QED) is 0.814. The van der Waals surface area contributed by atoms with Crippen LogP contribution in [0.3, 0.4) is 0 Å². The van der Waals surface area contributed by atoms with Crippen molar-refractivity contribution in [1.29, 1.82) is 0 Å². The number of anilines is 1. The van der Waals surface area contributed by atoms with Crippen molar-refractivity contribution < 1.29 is 18.3 Å². The van der Waals surface area contributed by atoms with Gasteiger partial charge in [0.1, 0.15) is 5.82 Å². The molecule has 0 aliphatic carbocycles. The number of rotatable bonds is 1. The maximum Gasteiger partial charge on any atom is 0.451 e. The Kier molecular flexibility index (Phi) is 2.73. The number of hydrogen-bond acceptors (Lipinski definition) is 4. The first-order valence-electron chi connectivity index (χ1n) is 5.16. The summed E-state index contributed by atoms with van der Waals surface area (Å²) in [6, 6.07) is 1.27. The fourth-order valence-electron chi connectivity index (χ4n) is 1.72. The molecule has 1 saturated heterocycles. The Hall–Kier alpha value is -1.37. The molecule has 1 N–H and O–H groups in total. The van der Waals surface area contributed by atoms with Gasteiger partial charge < -0.3 is 10.0 Å². The zero-order chi connectivity index (χ0) is 12.8. The van der Waals surface area contributed by atoms with E-state index >= 15 is 0 Å². The Morgan fingerprint density at radius 1 is 1.41 bits per heavy atom. The molecule has 0 saturated carbocycles. The number of alkyl halides is 3. The van der Waals surface area contributed by atoms with Crippen LogP contribution in [0.25, 0.3) is 0 Å². The second-order valence-electron chi connectivity index (χ2n) is 4.15. The molecule has 1 fully saturated rings. The topological polar surface area (TPSA) is 49.2 Å². The van der Waals surface area contributed by atoms with E-state index in [4.69, 9.17) is 0 Å². The van der Waals surface area contributed by atoms with Crippen molar-refractivity contribution in [2.75, 3.05) is 11.4 Å². The lowest BCUT2D eigenvalue weighted by molar-refractivity contribution is -0.145. The standard InChI is InChI=1S/C10H12F3N3O/c1-5-3-8(16-4-7(17)6(16)2)15-9(14-5)10(11,12)13/h3,6-7,17H,4H2,1-2H3. The average molecular weight is 247 g/mol. The van der Waals surface area contributed by atoms with E-state index in [-0.39, 0.29) is 17.6 Å². The highest BCUT2D eigenvalue weighted by atomic mass is 19.4. The van der Waals surface area contributed by atoms with Crippen LogP contribution in [0.1, 0.15) is 18.4 Å². The van der Waals surface area contributed by atoms with Gasteiger partial charge >= 0.3 is 6.18 Å². The van der Waals surface area contributed by atoms with Crippen molar-refractivity contribution in [2.45, 2.75) is 32.2 Å². The molecule has 1 aromatic rings. The van der Waals surface area contributed by atoms with Gasteiger partial charge in [-0.25, -0.2) is 9.97 Å². The monoisotopic (exact) mass is 247 g/mol. The largest absolute Gasteiger partial charge is 0.451 e. The van der Waals surface area contributed by atoms with Gasteiger partial charge in [0.05, 0.1) is 12.1 Å². The fourth-order valence-corrected chi connectivity index (χ4v) is 1.72. The molecule has 0 aromatic carbocycles. The number of nitrogens with zero attached hydrogens (tertiary/aromatic N) is 3. The highest BCUT2D eigenvalue weighted by Crippen LogP contribution is 2.30. The summed E-state index contributed by atoms with van der Waals surface area (Å²) < 4.78 is 37.5. The highest BCUT2D eigenvalue weighted by molar-refractivity contribution is 5.45. The van der Waals surface area contributed by atoms with E-state index in [1.54, 1.807) is 11.8 Å². The average Bonchev–Trinajstić information content (AvgIpc) is 2.23. The van der Waals surface area contributed by atoms with E-state index < -0.39 is 18.1 Å². The molecule has 2 unspecified atom stereocenters. The third-order valence-corrected chi connectivity index (χ3v) is 2.82. The second kappa shape index (κ2) is 3.83. The van der Waals surface area contributed by atoms with E-state index in [9.17, 15) is 18.3 Å². The Bertz CT molecular complexity index is 435. The molecule has 94 valence electrons. The van der Waals surface area contributed by atoms with Crippen LogP contribution in [0.2, 0.25) is 0 Å². The van der Waals surface area contributed by atoms with E-state index in [0.717, 1.165) is 0 Å². The molecule has 17 heavy (non-hydrogen) atoms. The summed E-state index contributed by atoms with van der Waals surface area (Å²) >= 11 is 0. The van der Waals surface area contributed by atoms with Gasteiger partial charge in [0.2, 0.25) is 5.82 Å². The van der Waals surface area contributed by atoms with Gasteiger partial charge in [-0.2, -0.15) is 13.2 Å². The van der Waals surface area contributed by atoms with Crippen LogP contribution < -0.4 is 4.90 Å². The summed E-state index contributed by atoms with van der Waals surface area (Å²) in [6.45, 7) is 3.52. The Labute approximate surface area is 96.1 Å². The molecule has 4 nitrogen and oxygen atoms in total. The molecular formula is C10H12F3N3O. The SMILES string of the molecule is Cc1cc(N2CC(O)C2C)nc(C(F)(F)F)n1. The first-order chi connectivity index (χ1) is 7.79. The lowest BCUT2D eigenvalue weighted by Crippen LogP contribution is -2.59. The molecule has 0 spiro atoms. The number of aliphatic hydroxyl groups is 1.